The van der Waals surface area contributed by atoms with Gasteiger partial charge in [-0.1, -0.05) is 49.6 Å². The van der Waals surface area contributed by atoms with Crippen LogP contribution in [0.3, 0.4) is 0 Å². The van der Waals surface area contributed by atoms with E-state index in [-0.39, 0.29) is 5.54 Å². The molecule has 1 aromatic rings. The largest absolute Gasteiger partial charge is 0.388 e. The molecule has 0 amide bonds. The highest BCUT2D eigenvalue weighted by atomic mass is 16.5. The number of morpholine rings is 1. The summed E-state index contributed by atoms with van der Waals surface area (Å²) in [4.78, 5) is 7.61. The number of aliphatic imine (C=N–C) groups is 1. The van der Waals surface area contributed by atoms with Gasteiger partial charge in [0, 0.05) is 31.7 Å². The fourth-order valence-corrected chi connectivity index (χ4v) is 4.56. The minimum atomic E-state index is -0.454. The maximum absolute atomic E-state index is 10.4. The molecule has 0 bridgehead atoms. The zero-order chi connectivity index (χ0) is 20.4. The Morgan fingerprint density at radius 2 is 1.86 bits per heavy atom. The minimum absolute atomic E-state index is 0.175. The summed E-state index contributed by atoms with van der Waals surface area (Å²) in [6, 6.07) is 9.84. The quantitative estimate of drug-likeness (QED) is 0.461. The van der Waals surface area contributed by atoms with Gasteiger partial charge in [-0.15, -0.1) is 0 Å². The van der Waals surface area contributed by atoms with Crippen molar-refractivity contribution in [1.82, 2.24) is 15.5 Å². The molecule has 2 fully saturated rings. The van der Waals surface area contributed by atoms with Gasteiger partial charge in [0.25, 0.3) is 0 Å². The third-order valence-corrected chi connectivity index (χ3v) is 6.24. The summed E-state index contributed by atoms with van der Waals surface area (Å²) >= 11 is 0. The van der Waals surface area contributed by atoms with Crippen molar-refractivity contribution in [2.75, 3.05) is 45.9 Å². The molecular weight excluding hydrogens is 364 g/mol. The molecule has 3 N–H and O–H groups in total. The molecule has 1 aromatic carbocycles. The second-order valence-corrected chi connectivity index (χ2v) is 8.22. The SMILES string of the molecule is CCNC(=NCC1(N2CCOCC2)CCCCC1)NCCC(O)c1ccccc1. The molecule has 1 aliphatic heterocycles. The number of nitrogens with zero attached hydrogens (tertiary/aromatic N) is 2. The minimum Gasteiger partial charge on any atom is -0.388 e. The number of guanidine groups is 1. The summed E-state index contributed by atoms with van der Waals surface area (Å²) in [5.74, 6) is 0.853. The number of nitrogens with one attached hydrogen (secondary N) is 2. The second kappa shape index (κ2) is 11.5. The molecule has 1 saturated heterocycles. The van der Waals surface area contributed by atoms with Crippen molar-refractivity contribution in [2.24, 2.45) is 4.99 Å². The van der Waals surface area contributed by atoms with Gasteiger partial charge >= 0.3 is 0 Å². The van der Waals surface area contributed by atoms with Crippen LogP contribution in [-0.4, -0.2) is 67.4 Å². The molecule has 162 valence electrons. The average molecular weight is 403 g/mol. The normalized spacial score (nSPS) is 21.5. The van der Waals surface area contributed by atoms with E-state index in [2.05, 4.69) is 22.5 Å². The summed E-state index contributed by atoms with van der Waals surface area (Å²) < 4.78 is 5.59. The number of hydrogen-bond acceptors (Lipinski definition) is 4. The maximum Gasteiger partial charge on any atom is 0.191 e. The Morgan fingerprint density at radius 3 is 2.55 bits per heavy atom. The molecule has 2 aliphatic rings. The molecule has 1 unspecified atom stereocenters. The third kappa shape index (κ3) is 6.43. The van der Waals surface area contributed by atoms with Crippen molar-refractivity contribution >= 4 is 5.96 Å². The van der Waals surface area contributed by atoms with E-state index < -0.39 is 6.10 Å². The van der Waals surface area contributed by atoms with Crippen LogP contribution in [0.25, 0.3) is 0 Å². The van der Waals surface area contributed by atoms with Gasteiger partial charge in [-0.3, -0.25) is 9.89 Å². The van der Waals surface area contributed by atoms with Crippen molar-refractivity contribution in [2.45, 2.75) is 57.1 Å². The van der Waals surface area contributed by atoms with Crippen LogP contribution in [0.2, 0.25) is 0 Å². The molecule has 6 nitrogen and oxygen atoms in total. The van der Waals surface area contributed by atoms with Crippen LogP contribution in [0.1, 0.15) is 57.1 Å². The van der Waals surface area contributed by atoms with Crippen LogP contribution in [0.5, 0.6) is 0 Å². The topological polar surface area (TPSA) is 69.1 Å². The highest BCUT2D eigenvalue weighted by molar-refractivity contribution is 5.79. The Hall–Kier alpha value is -1.63. The van der Waals surface area contributed by atoms with E-state index in [0.717, 1.165) is 50.9 Å². The third-order valence-electron chi connectivity index (χ3n) is 6.24. The first-order valence-electron chi connectivity index (χ1n) is 11.3. The molecule has 1 atom stereocenters. The maximum atomic E-state index is 10.4. The Kier molecular flexibility index (Phi) is 8.77. The smallest absolute Gasteiger partial charge is 0.191 e. The number of hydrogen-bond donors (Lipinski definition) is 3. The van der Waals surface area contributed by atoms with E-state index in [9.17, 15) is 5.11 Å². The Labute approximate surface area is 175 Å². The van der Waals surface area contributed by atoms with Crippen LogP contribution < -0.4 is 10.6 Å². The van der Waals surface area contributed by atoms with Crippen LogP contribution in [0.4, 0.5) is 0 Å². The first-order chi connectivity index (χ1) is 14.2. The lowest BCUT2D eigenvalue weighted by Gasteiger charge is -2.47. The van der Waals surface area contributed by atoms with Gasteiger partial charge in [-0.25, -0.2) is 0 Å². The van der Waals surface area contributed by atoms with E-state index in [1.54, 1.807) is 0 Å². The molecule has 3 rings (SSSR count). The van der Waals surface area contributed by atoms with E-state index in [1.807, 2.05) is 30.3 Å². The zero-order valence-corrected chi connectivity index (χ0v) is 17.9. The van der Waals surface area contributed by atoms with Gasteiger partial charge < -0.3 is 20.5 Å². The molecular formula is C23H38N4O2. The molecule has 1 heterocycles. The molecule has 1 aliphatic carbocycles. The fourth-order valence-electron chi connectivity index (χ4n) is 4.56. The van der Waals surface area contributed by atoms with Crippen LogP contribution >= 0.6 is 0 Å². The monoisotopic (exact) mass is 402 g/mol. The van der Waals surface area contributed by atoms with Crippen molar-refractivity contribution in [3.63, 3.8) is 0 Å². The Balaban J connectivity index is 1.57. The molecule has 0 radical (unpaired) electrons. The second-order valence-electron chi connectivity index (χ2n) is 8.22. The molecule has 0 aromatic heterocycles. The van der Waals surface area contributed by atoms with Crippen molar-refractivity contribution in [1.29, 1.82) is 0 Å². The van der Waals surface area contributed by atoms with Gasteiger partial charge in [-0.2, -0.15) is 0 Å². The van der Waals surface area contributed by atoms with Gasteiger partial charge in [0.2, 0.25) is 0 Å². The highest BCUT2D eigenvalue weighted by Gasteiger charge is 2.38. The number of aliphatic hydroxyl groups is 1. The van der Waals surface area contributed by atoms with E-state index in [0.29, 0.717) is 13.0 Å². The van der Waals surface area contributed by atoms with Crippen LogP contribution in [0.15, 0.2) is 35.3 Å². The lowest BCUT2D eigenvalue weighted by atomic mass is 9.80. The molecule has 6 heteroatoms. The van der Waals surface area contributed by atoms with E-state index in [1.165, 1.54) is 32.1 Å². The summed E-state index contributed by atoms with van der Waals surface area (Å²) in [5, 5.41) is 17.2. The predicted molar refractivity (Wildman–Crippen MR) is 118 cm³/mol. The van der Waals surface area contributed by atoms with Crippen molar-refractivity contribution in [3.8, 4) is 0 Å². The lowest BCUT2D eigenvalue weighted by molar-refractivity contribution is -0.0333. The molecule has 1 saturated carbocycles. The van der Waals surface area contributed by atoms with E-state index in [4.69, 9.17) is 9.73 Å². The first-order valence-corrected chi connectivity index (χ1v) is 11.3. The van der Waals surface area contributed by atoms with Gasteiger partial charge in [0.1, 0.15) is 0 Å². The number of ether oxygens (including phenoxy) is 1. The Bertz CT molecular complexity index is 611. The van der Waals surface area contributed by atoms with E-state index >= 15 is 0 Å². The molecule has 29 heavy (non-hydrogen) atoms. The van der Waals surface area contributed by atoms with Gasteiger partial charge in [0.05, 0.1) is 25.9 Å². The molecule has 0 spiro atoms. The summed E-state index contributed by atoms with van der Waals surface area (Å²) in [5.41, 5.74) is 1.14. The average Bonchev–Trinajstić information content (AvgIpc) is 2.79. The first kappa shape index (κ1) is 22.1. The van der Waals surface area contributed by atoms with Crippen LogP contribution in [0, 0.1) is 0 Å². The number of aliphatic hydroxyl groups excluding tert-OH is 1. The van der Waals surface area contributed by atoms with Crippen LogP contribution in [-0.2, 0) is 4.74 Å². The highest BCUT2D eigenvalue weighted by Crippen LogP contribution is 2.34. The number of rotatable bonds is 8. The zero-order valence-electron chi connectivity index (χ0n) is 17.9. The predicted octanol–water partition coefficient (Wildman–Crippen LogP) is 2.70. The lowest BCUT2D eigenvalue weighted by Crippen LogP contribution is -2.56. The summed E-state index contributed by atoms with van der Waals surface area (Å²) in [6.45, 7) is 8.13. The summed E-state index contributed by atoms with van der Waals surface area (Å²) in [6.07, 6.45) is 6.57. The Morgan fingerprint density at radius 1 is 1.14 bits per heavy atom. The van der Waals surface area contributed by atoms with Crippen molar-refractivity contribution < 1.29 is 9.84 Å². The number of benzene rings is 1. The van der Waals surface area contributed by atoms with Gasteiger partial charge in [0.15, 0.2) is 5.96 Å². The fraction of sp³-hybridized carbons (Fsp3) is 0.696. The van der Waals surface area contributed by atoms with Crippen molar-refractivity contribution in [3.05, 3.63) is 35.9 Å². The summed E-state index contributed by atoms with van der Waals surface area (Å²) in [7, 11) is 0. The standard InChI is InChI=1S/C23H38N4O2/c1-2-24-22(25-14-11-21(28)20-9-5-3-6-10-20)26-19-23(12-7-4-8-13-23)27-15-17-29-18-16-27/h3,5-6,9-10,21,28H,2,4,7-8,11-19H2,1H3,(H2,24,25,26). The van der Waals surface area contributed by atoms with Gasteiger partial charge in [-0.05, 0) is 31.7 Å².